The van der Waals surface area contributed by atoms with Gasteiger partial charge in [0, 0.05) is 17.0 Å². The Hall–Kier alpha value is -1.76. The van der Waals surface area contributed by atoms with E-state index in [9.17, 15) is 4.79 Å². The van der Waals surface area contributed by atoms with Crippen molar-refractivity contribution in [1.29, 1.82) is 0 Å². The third-order valence-electron chi connectivity index (χ3n) is 2.74. The number of aromatic amines is 1. The molecule has 18 heavy (non-hydrogen) atoms. The van der Waals surface area contributed by atoms with Gasteiger partial charge in [-0.3, -0.25) is 9.89 Å². The van der Waals surface area contributed by atoms with Gasteiger partial charge in [0.05, 0.1) is 6.54 Å². The SMILES string of the molecule is Cc1csc(CNC(=O)c2n[nH]c(C3CC3)n2)n1. The van der Waals surface area contributed by atoms with Crippen LogP contribution in [0.4, 0.5) is 0 Å². The number of rotatable bonds is 4. The van der Waals surface area contributed by atoms with Crippen molar-refractivity contribution in [3.63, 3.8) is 0 Å². The first-order valence-corrected chi connectivity index (χ1v) is 6.72. The molecular formula is C11H13N5OS. The molecule has 2 heterocycles. The van der Waals surface area contributed by atoms with Gasteiger partial charge >= 0.3 is 0 Å². The van der Waals surface area contributed by atoms with Crippen molar-refractivity contribution in [3.05, 3.63) is 27.7 Å². The van der Waals surface area contributed by atoms with Crippen molar-refractivity contribution in [2.24, 2.45) is 0 Å². The number of nitrogens with zero attached hydrogens (tertiary/aromatic N) is 3. The van der Waals surface area contributed by atoms with Crippen molar-refractivity contribution in [2.45, 2.75) is 32.2 Å². The molecule has 1 aliphatic rings. The van der Waals surface area contributed by atoms with Gasteiger partial charge in [-0.15, -0.1) is 16.4 Å². The van der Waals surface area contributed by atoms with Gasteiger partial charge in [-0.25, -0.2) is 9.97 Å². The van der Waals surface area contributed by atoms with Crippen LogP contribution in [0.5, 0.6) is 0 Å². The van der Waals surface area contributed by atoms with Crippen LogP contribution in [0.25, 0.3) is 0 Å². The molecule has 3 rings (SSSR count). The summed E-state index contributed by atoms with van der Waals surface area (Å²) in [6.07, 6.45) is 2.27. The highest BCUT2D eigenvalue weighted by atomic mass is 32.1. The van der Waals surface area contributed by atoms with E-state index in [0.717, 1.165) is 29.4 Å². The second-order valence-corrected chi connectivity index (χ2v) is 5.33. The molecule has 1 amide bonds. The Morgan fingerprint density at radius 3 is 3.06 bits per heavy atom. The van der Waals surface area contributed by atoms with E-state index in [1.54, 1.807) is 0 Å². The van der Waals surface area contributed by atoms with Crippen LogP contribution >= 0.6 is 11.3 Å². The second-order valence-electron chi connectivity index (χ2n) is 4.38. The monoisotopic (exact) mass is 263 g/mol. The molecular weight excluding hydrogens is 250 g/mol. The largest absolute Gasteiger partial charge is 0.343 e. The molecule has 0 atom stereocenters. The normalized spacial score (nSPS) is 14.7. The Labute approximate surface area is 108 Å². The lowest BCUT2D eigenvalue weighted by Crippen LogP contribution is -2.24. The molecule has 1 saturated carbocycles. The average Bonchev–Trinajstić information content (AvgIpc) is 2.94. The average molecular weight is 263 g/mol. The smallest absolute Gasteiger partial charge is 0.291 e. The van der Waals surface area contributed by atoms with Crippen LogP contribution in [0, 0.1) is 6.92 Å². The fourth-order valence-corrected chi connectivity index (χ4v) is 2.35. The zero-order valence-corrected chi connectivity index (χ0v) is 10.8. The zero-order valence-electron chi connectivity index (χ0n) is 9.93. The minimum Gasteiger partial charge on any atom is -0.343 e. The minimum atomic E-state index is -0.258. The van der Waals surface area contributed by atoms with Gasteiger partial charge in [-0.1, -0.05) is 0 Å². The zero-order chi connectivity index (χ0) is 12.5. The molecule has 0 saturated heterocycles. The predicted octanol–water partition coefficient (Wildman–Crippen LogP) is 1.38. The second kappa shape index (κ2) is 4.49. The predicted molar refractivity (Wildman–Crippen MR) is 66.4 cm³/mol. The lowest BCUT2D eigenvalue weighted by Gasteiger charge is -1.98. The van der Waals surface area contributed by atoms with Crippen LogP contribution in [-0.2, 0) is 6.54 Å². The first kappa shape index (κ1) is 11.3. The molecule has 0 spiro atoms. The Morgan fingerprint density at radius 2 is 2.39 bits per heavy atom. The van der Waals surface area contributed by atoms with Gasteiger partial charge in [0.2, 0.25) is 5.82 Å². The van der Waals surface area contributed by atoms with Gasteiger partial charge in [0.25, 0.3) is 5.91 Å². The van der Waals surface area contributed by atoms with Crippen molar-refractivity contribution in [3.8, 4) is 0 Å². The highest BCUT2D eigenvalue weighted by molar-refractivity contribution is 7.09. The summed E-state index contributed by atoms with van der Waals surface area (Å²) in [5.41, 5.74) is 0.971. The molecule has 0 aliphatic heterocycles. The topological polar surface area (TPSA) is 83.6 Å². The molecule has 0 unspecified atom stereocenters. The Balaban J connectivity index is 1.59. The maximum absolute atomic E-state index is 11.8. The number of carbonyl (C=O) groups is 1. The Morgan fingerprint density at radius 1 is 1.56 bits per heavy atom. The Kier molecular flexibility index (Phi) is 2.83. The summed E-state index contributed by atoms with van der Waals surface area (Å²) in [6, 6.07) is 0. The number of aryl methyl sites for hydroxylation is 1. The van der Waals surface area contributed by atoms with E-state index in [0.29, 0.717) is 12.5 Å². The number of hydrogen-bond donors (Lipinski definition) is 2. The first-order valence-electron chi connectivity index (χ1n) is 5.84. The van der Waals surface area contributed by atoms with E-state index in [2.05, 4.69) is 25.5 Å². The fraction of sp³-hybridized carbons (Fsp3) is 0.455. The molecule has 1 fully saturated rings. The van der Waals surface area contributed by atoms with E-state index in [1.807, 2.05) is 12.3 Å². The first-order chi connectivity index (χ1) is 8.72. The van der Waals surface area contributed by atoms with E-state index >= 15 is 0 Å². The summed E-state index contributed by atoms with van der Waals surface area (Å²) in [6.45, 7) is 2.35. The number of thiazole rings is 1. The quantitative estimate of drug-likeness (QED) is 0.872. The highest BCUT2D eigenvalue weighted by Crippen LogP contribution is 2.37. The molecule has 6 nitrogen and oxygen atoms in total. The van der Waals surface area contributed by atoms with E-state index < -0.39 is 0 Å². The third kappa shape index (κ3) is 2.40. The van der Waals surface area contributed by atoms with Gasteiger partial charge in [-0.05, 0) is 19.8 Å². The van der Waals surface area contributed by atoms with E-state index in [4.69, 9.17) is 0 Å². The van der Waals surface area contributed by atoms with Crippen LogP contribution in [0.2, 0.25) is 0 Å². The number of hydrogen-bond acceptors (Lipinski definition) is 5. The standard InChI is InChI=1S/C11H13N5OS/c1-6-5-18-8(13-6)4-12-11(17)10-14-9(15-16-10)7-2-3-7/h5,7H,2-4H2,1H3,(H,12,17)(H,14,15,16). The van der Waals surface area contributed by atoms with Crippen LogP contribution < -0.4 is 5.32 Å². The van der Waals surface area contributed by atoms with Crippen molar-refractivity contribution in [1.82, 2.24) is 25.5 Å². The van der Waals surface area contributed by atoms with Crippen LogP contribution in [0.15, 0.2) is 5.38 Å². The molecule has 0 bridgehead atoms. The number of amides is 1. The van der Waals surface area contributed by atoms with Gasteiger partial charge in [0.15, 0.2) is 0 Å². The summed E-state index contributed by atoms with van der Waals surface area (Å²) in [4.78, 5) is 20.3. The number of carbonyl (C=O) groups excluding carboxylic acids is 1. The minimum absolute atomic E-state index is 0.213. The van der Waals surface area contributed by atoms with Crippen molar-refractivity contribution in [2.75, 3.05) is 0 Å². The van der Waals surface area contributed by atoms with Crippen molar-refractivity contribution >= 4 is 17.2 Å². The summed E-state index contributed by atoms with van der Waals surface area (Å²) >= 11 is 1.53. The van der Waals surface area contributed by atoms with Crippen LogP contribution in [0.1, 0.15) is 45.9 Å². The molecule has 0 aromatic carbocycles. The highest BCUT2D eigenvalue weighted by Gasteiger charge is 2.28. The van der Waals surface area contributed by atoms with Crippen molar-refractivity contribution < 1.29 is 4.79 Å². The molecule has 2 N–H and O–H groups in total. The third-order valence-corrected chi connectivity index (χ3v) is 3.70. The van der Waals surface area contributed by atoms with Gasteiger partial charge < -0.3 is 5.32 Å². The molecule has 2 aromatic heterocycles. The number of nitrogens with one attached hydrogen (secondary N) is 2. The lowest BCUT2D eigenvalue weighted by atomic mass is 10.4. The van der Waals surface area contributed by atoms with Gasteiger partial charge in [0.1, 0.15) is 10.8 Å². The summed E-state index contributed by atoms with van der Waals surface area (Å²) in [7, 11) is 0. The summed E-state index contributed by atoms with van der Waals surface area (Å²) in [5, 5.41) is 12.4. The summed E-state index contributed by atoms with van der Waals surface area (Å²) < 4.78 is 0. The maximum Gasteiger partial charge on any atom is 0.291 e. The van der Waals surface area contributed by atoms with E-state index in [1.165, 1.54) is 11.3 Å². The molecule has 2 aromatic rings. The number of aromatic nitrogens is 4. The summed E-state index contributed by atoms with van der Waals surface area (Å²) in [5.74, 6) is 1.25. The lowest BCUT2D eigenvalue weighted by molar-refractivity contribution is 0.0941. The van der Waals surface area contributed by atoms with Crippen LogP contribution in [-0.4, -0.2) is 26.1 Å². The van der Waals surface area contributed by atoms with E-state index in [-0.39, 0.29) is 11.7 Å². The molecule has 7 heteroatoms. The molecule has 0 radical (unpaired) electrons. The Bertz CT molecular complexity index is 572. The van der Waals surface area contributed by atoms with Gasteiger partial charge in [-0.2, -0.15) is 0 Å². The van der Waals surface area contributed by atoms with Crippen LogP contribution in [0.3, 0.4) is 0 Å². The fourth-order valence-electron chi connectivity index (χ4n) is 1.63. The molecule has 1 aliphatic carbocycles. The maximum atomic E-state index is 11.8. The number of H-pyrrole nitrogens is 1. The molecule has 94 valence electrons.